The predicted molar refractivity (Wildman–Crippen MR) is 150 cm³/mol. The Bertz CT molecular complexity index is 1140. The zero-order valence-electron chi connectivity index (χ0n) is 24.7. The van der Waals surface area contributed by atoms with Gasteiger partial charge in [-0.15, -0.1) is 0 Å². The lowest BCUT2D eigenvalue weighted by molar-refractivity contribution is -0.153. The lowest BCUT2D eigenvalue weighted by atomic mass is 9.74. The summed E-state index contributed by atoms with van der Waals surface area (Å²) in [5.41, 5.74) is 0.489. The monoisotopic (exact) mass is 576 g/mol. The Kier molecular flexibility index (Phi) is 13.3. The maximum absolute atomic E-state index is 14.0. The molecule has 1 N–H and O–H groups in total. The number of hydrogen-bond donors (Lipinski definition) is 1. The van der Waals surface area contributed by atoms with Crippen molar-refractivity contribution < 1.29 is 42.5 Å². The van der Waals surface area contributed by atoms with Gasteiger partial charge in [-0.05, 0) is 58.4 Å². The summed E-state index contributed by atoms with van der Waals surface area (Å²) in [6, 6.07) is 3.32. The Morgan fingerprint density at radius 1 is 1.15 bits per heavy atom. The zero-order chi connectivity index (χ0) is 30.5. The van der Waals surface area contributed by atoms with E-state index in [2.05, 4.69) is 17.0 Å². The molecule has 0 saturated heterocycles. The highest BCUT2D eigenvalue weighted by atomic mass is 19.1. The van der Waals surface area contributed by atoms with Gasteiger partial charge in [-0.2, -0.15) is 0 Å². The Labute approximate surface area is 240 Å². The van der Waals surface area contributed by atoms with E-state index in [-0.39, 0.29) is 29.1 Å². The van der Waals surface area contributed by atoms with Crippen molar-refractivity contribution >= 4 is 24.6 Å². The zero-order valence-corrected chi connectivity index (χ0v) is 24.7. The van der Waals surface area contributed by atoms with Gasteiger partial charge in [0.15, 0.2) is 17.2 Å². The maximum atomic E-state index is 14.0. The highest BCUT2D eigenvalue weighted by Crippen LogP contribution is 2.42. The summed E-state index contributed by atoms with van der Waals surface area (Å²) >= 11 is 0. The lowest BCUT2D eigenvalue weighted by Crippen LogP contribution is -2.42. The van der Waals surface area contributed by atoms with Gasteiger partial charge in [0.2, 0.25) is 6.79 Å². The lowest BCUT2D eigenvalue weighted by Gasteiger charge is -2.35. The number of nitrogens with one attached hydrogen (secondary N) is 1. The second kappa shape index (κ2) is 16.4. The molecule has 226 valence electrons. The first kappa shape index (κ1) is 33.3. The first-order chi connectivity index (χ1) is 19.6. The fourth-order valence-electron chi connectivity index (χ4n) is 5.04. The first-order valence-electron chi connectivity index (χ1n) is 13.6. The van der Waals surface area contributed by atoms with Crippen molar-refractivity contribution in [1.82, 2.24) is 5.32 Å². The van der Waals surface area contributed by atoms with E-state index in [0.29, 0.717) is 5.75 Å². The standard InChI is InChI=1S/C30H41FN2O8/c1-8-24(37-6)28(40-17-39-20(4)34)27(32-5)29(35)33-18(2)30(36)41-19(3)26(21-12-10-9-11-13-21)23-15-14-22(31)16-25(23)38-7/h8,14-16,18-19,21,26H,5,9-13,17H2,1-4,6-7H3,(H,33,35)/b24-8+,28-27+/t18-,19-,26+/m0/s1. The highest BCUT2D eigenvalue weighted by molar-refractivity contribution is 5.97. The molecule has 0 radical (unpaired) electrons. The van der Waals surface area contributed by atoms with E-state index in [1.54, 1.807) is 19.9 Å². The average molecular weight is 577 g/mol. The quantitative estimate of drug-likeness (QED) is 0.0826. The van der Waals surface area contributed by atoms with Gasteiger partial charge in [0.05, 0.1) is 14.2 Å². The first-order valence-corrected chi connectivity index (χ1v) is 13.6. The van der Waals surface area contributed by atoms with Crippen LogP contribution >= 0.6 is 0 Å². The van der Waals surface area contributed by atoms with Crippen molar-refractivity contribution in [2.75, 3.05) is 21.0 Å². The van der Waals surface area contributed by atoms with E-state index in [1.165, 1.54) is 46.3 Å². The van der Waals surface area contributed by atoms with Crippen LogP contribution in [0.5, 0.6) is 5.75 Å². The smallest absolute Gasteiger partial charge is 0.328 e. The molecule has 1 aliphatic carbocycles. The van der Waals surface area contributed by atoms with E-state index < -0.39 is 42.6 Å². The number of benzene rings is 1. The van der Waals surface area contributed by atoms with Gasteiger partial charge in [-0.3, -0.25) is 14.6 Å². The fraction of sp³-hybridized carbons (Fsp3) is 0.533. The summed E-state index contributed by atoms with van der Waals surface area (Å²) in [6.07, 6.45) is 6.07. The number of carbonyl (C=O) groups is 3. The molecular weight excluding hydrogens is 535 g/mol. The van der Waals surface area contributed by atoms with Crippen LogP contribution in [0.25, 0.3) is 0 Å². The van der Waals surface area contributed by atoms with Crippen molar-refractivity contribution in [2.45, 2.75) is 77.9 Å². The van der Waals surface area contributed by atoms with E-state index in [1.807, 2.05) is 0 Å². The van der Waals surface area contributed by atoms with Gasteiger partial charge in [0, 0.05) is 24.5 Å². The Morgan fingerprint density at radius 2 is 1.83 bits per heavy atom. The Balaban J connectivity index is 2.26. The maximum Gasteiger partial charge on any atom is 0.328 e. The van der Waals surface area contributed by atoms with Crippen LogP contribution in [0.2, 0.25) is 0 Å². The average Bonchev–Trinajstić information content (AvgIpc) is 2.95. The number of allylic oxidation sites excluding steroid dienone is 1. The van der Waals surface area contributed by atoms with Crippen molar-refractivity contribution in [3.63, 3.8) is 0 Å². The molecule has 1 fully saturated rings. The fourth-order valence-corrected chi connectivity index (χ4v) is 5.04. The van der Waals surface area contributed by atoms with Crippen molar-refractivity contribution in [1.29, 1.82) is 0 Å². The van der Waals surface area contributed by atoms with Crippen LogP contribution in [0.1, 0.15) is 71.3 Å². The van der Waals surface area contributed by atoms with E-state index in [0.717, 1.165) is 37.7 Å². The molecule has 1 amide bonds. The van der Waals surface area contributed by atoms with Crippen LogP contribution < -0.4 is 10.1 Å². The summed E-state index contributed by atoms with van der Waals surface area (Å²) < 4.78 is 40.8. The topological polar surface area (TPSA) is 122 Å². The van der Waals surface area contributed by atoms with Gasteiger partial charge >= 0.3 is 11.9 Å². The summed E-state index contributed by atoms with van der Waals surface area (Å²) in [5, 5.41) is 2.56. The van der Waals surface area contributed by atoms with Crippen LogP contribution in [0.4, 0.5) is 4.39 Å². The van der Waals surface area contributed by atoms with Gasteiger partial charge < -0.3 is 29.0 Å². The summed E-state index contributed by atoms with van der Waals surface area (Å²) in [5.74, 6) is -2.07. The molecule has 0 aromatic heterocycles. The number of methoxy groups -OCH3 is 2. The second-order valence-corrected chi connectivity index (χ2v) is 9.74. The van der Waals surface area contributed by atoms with Crippen LogP contribution in [-0.4, -0.2) is 57.7 Å². The number of amides is 1. The number of hydrogen-bond acceptors (Lipinski definition) is 9. The molecule has 2 rings (SSSR count). The molecular formula is C30H41FN2O8. The molecule has 10 nitrogen and oxygen atoms in total. The molecule has 1 aromatic rings. The van der Waals surface area contributed by atoms with Gasteiger partial charge in [0.25, 0.3) is 5.91 Å². The molecule has 11 heteroatoms. The van der Waals surface area contributed by atoms with Crippen molar-refractivity contribution in [2.24, 2.45) is 10.9 Å². The molecule has 0 unspecified atom stereocenters. The highest BCUT2D eigenvalue weighted by Gasteiger charge is 2.35. The minimum Gasteiger partial charge on any atom is -0.496 e. The van der Waals surface area contributed by atoms with Gasteiger partial charge in [0.1, 0.15) is 23.7 Å². The number of ether oxygens (including phenoxy) is 5. The predicted octanol–water partition coefficient (Wildman–Crippen LogP) is 4.93. The molecule has 1 aromatic carbocycles. The molecule has 1 aliphatic rings. The van der Waals surface area contributed by atoms with Crippen molar-refractivity contribution in [3.05, 3.63) is 52.9 Å². The van der Waals surface area contributed by atoms with E-state index in [9.17, 15) is 18.8 Å². The van der Waals surface area contributed by atoms with Crippen molar-refractivity contribution in [3.8, 4) is 5.75 Å². The molecule has 1 saturated carbocycles. The normalized spacial score (nSPS) is 16.8. The molecule has 0 bridgehead atoms. The number of rotatable bonds is 14. The van der Waals surface area contributed by atoms with Crippen LogP contribution in [0, 0.1) is 11.7 Å². The van der Waals surface area contributed by atoms with Gasteiger partial charge in [-0.1, -0.05) is 25.3 Å². The number of halogens is 1. The molecule has 0 aliphatic heterocycles. The van der Waals surface area contributed by atoms with Gasteiger partial charge in [-0.25, -0.2) is 9.18 Å². The second-order valence-electron chi connectivity index (χ2n) is 9.74. The third kappa shape index (κ3) is 9.33. The largest absolute Gasteiger partial charge is 0.496 e. The Morgan fingerprint density at radius 3 is 2.39 bits per heavy atom. The molecule has 41 heavy (non-hydrogen) atoms. The van der Waals surface area contributed by atoms with E-state index >= 15 is 0 Å². The third-order valence-corrected chi connectivity index (χ3v) is 6.98. The third-order valence-electron chi connectivity index (χ3n) is 6.98. The number of aliphatic imine (C=N–C) groups is 1. The Hall–Kier alpha value is -3.89. The summed E-state index contributed by atoms with van der Waals surface area (Å²) in [6.45, 7) is 9.06. The van der Waals surface area contributed by atoms with Crippen LogP contribution in [-0.2, 0) is 33.3 Å². The van der Waals surface area contributed by atoms with E-state index in [4.69, 9.17) is 23.7 Å². The van der Waals surface area contributed by atoms with Crippen LogP contribution in [0.3, 0.4) is 0 Å². The molecule has 0 spiro atoms. The minimum atomic E-state index is -1.07. The van der Waals surface area contributed by atoms with Crippen LogP contribution in [0.15, 0.2) is 46.5 Å². The number of esters is 2. The number of nitrogens with zero attached hydrogens (tertiary/aromatic N) is 1. The minimum absolute atomic E-state index is 0.126. The SMILES string of the molecule is C=N/C(C(=O)N[C@@H](C)C(=O)O[C@@H](C)[C@@H](c1ccc(F)cc1OC)C1CCCCC1)=C(OCOC(C)=O)\C(=C/C)OC. The summed E-state index contributed by atoms with van der Waals surface area (Å²) in [7, 11) is 2.85. The summed E-state index contributed by atoms with van der Waals surface area (Å²) in [4.78, 5) is 41.2. The number of carbonyl (C=O) groups excluding carboxylic acids is 3. The molecule has 3 atom stereocenters. The molecule has 0 heterocycles.